The van der Waals surface area contributed by atoms with Crippen molar-refractivity contribution in [3.8, 4) is 22.6 Å². The maximum Gasteiger partial charge on any atom is 1.00 e. The minimum atomic E-state index is -4.69. The monoisotopic (exact) mass is 700 g/mol. The van der Waals surface area contributed by atoms with Crippen LogP contribution in [-0.2, 0) is 26.1 Å². The summed E-state index contributed by atoms with van der Waals surface area (Å²) in [4.78, 5) is 1.32. The number of aromatic nitrogens is 1. The fourth-order valence-electron chi connectivity index (χ4n) is 4.48. The summed E-state index contributed by atoms with van der Waals surface area (Å²) in [6.07, 6.45) is 3.87. The van der Waals surface area contributed by atoms with E-state index in [2.05, 4.69) is 0 Å². The molecule has 1 aliphatic rings. The molecule has 0 aliphatic carbocycles. The molecule has 214 valence electrons. The molecule has 5 rings (SSSR count). The summed E-state index contributed by atoms with van der Waals surface area (Å²) in [5.41, 5.74) is 3.42. The maximum absolute atomic E-state index is 11.9. The van der Waals surface area contributed by atoms with Crippen LogP contribution in [0.5, 0.6) is 11.5 Å². The van der Waals surface area contributed by atoms with Gasteiger partial charge in [-0.15, -0.1) is 0 Å². The topological polar surface area (TPSA) is 140 Å². The van der Waals surface area contributed by atoms with Gasteiger partial charge in [-0.1, -0.05) is 6.07 Å². The van der Waals surface area contributed by atoms with Gasteiger partial charge in [0.15, 0.2) is 0 Å². The van der Waals surface area contributed by atoms with E-state index < -0.39 is 32.0 Å². The van der Waals surface area contributed by atoms with Crippen LogP contribution in [0.2, 0.25) is 0 Å². The number of hydrogen-bond donors (Lipinski definition) is 0. The molecule has 0 saturated carbocycles. The average molecular weight is 700 g/mol. The Balaban J connectivity index is 0.00000405. The summed E-state index contributed by atoms with van der Waals surface area (Å²) in [6, 6.07) is 20.1. The number of anilines is 1. The van der Waals surface area contributed by atoms with E-state index in [0.717, 1.165) is 15.4 Å². The van der Waals surface area contributed by atoms with Gasteiger partial charge in [-0.3, -0.25) is 0 Å². The maximum atomic E-state index is 11.9. The van der Waals surface area contributed by atoms with E-state index in [1.807, 2.05) is 49.4 Å². The van der Waals surface area contributed by atoms with Gasteiger partial charge in [-0.2, -0.15) is 0 Å². The van der Waals surface area contributed by atoms with Gasteiger partial charge >= 0.3 is 290 Å². The van der Waals surface area contributed by atoms with Gasteiger partial charge in [0, 0.05) is 0 Å². The van der Waals surface area contributed by atoms with Crippen LogP contribution < -0.4 is 70.3 Å². The molecular formula is C28H25KN2O8S2Se. The van der Waals surface area contributed by atoms with Crippen LogP contribution >= 0.6 is 0 Å². The third kappa shape index (κ3) is 7.82. The van der Waals surface area contributed by atoms with Crippen molar-refractivity contribution in [1.29, 1.82) is 0 Å². The number of nitrogens with zero attached hydrogens (tertiary/aromatic N) is 2. The first kappa shape index (κ1) is 33.1. The van der Waals surface area contributed by atoms with Crippen molar-refractivity contribution in [3.05, 3.63) is 88.8 Å². The molecule has 0 saturated heterocycles. The number of fused-ring (bicyclic) bond motifs is 2. The second-order valence-corrected chi connectivity index (χ2v) is 14.2. The molecule has 0 radical (unpaired) electrons. The number of hydrogen-bond acceptors (Lipinski definition) is 9. The van der Waals surface area contributed by atoms with E-state index in [1.54, 1.807) is 36.4 Å². The number of benzene rings is 3. The average Bonchev–Trinajstić information content (AvgIpc) is 3.42. The van der Waals surface area contributed by atoms with Gasteiger partial charge < -0.3 is 0 Å². The molecule has 3 aromatic carbocycles. The zero-order valence-corrected chi connectivity index (χ0v) is 29.5. The van der Waals surface area contributed by atoms with Crippen molar-refractivity contribution >= 4 is 56.3 Å². The Morgan fingerprint density at radius 3 is 2.38 bits per heavy atom. The smallest absolute Gasteiger partial charge is 1.00 e. The van der Waals surface area contributed by atoms with Gasteiger partial charge in [-0.05, 0) is 0 Å². The number of allylic oxidation sites excluding steroid dienone is 2. The zero-order valence-electron chi connectivity index (χ0n) is 23.0. The molecule has 4 aromatic rings. The SMILES string of the molecule is CCC(/C=C1\Oc2ccc(-c3ccccc3)cc2N1CS(=O)(=O)[O-])=C\c1[se]c2ccc(OC)cc2[n+]1CS(=O)(=O)[O-].[K+]. The minimum Gasteiger partial charge on any atom is 1.00 e. The third-order valence-electron chi connectivity index (χ3n) is 6.38. The quantitative estimate of drug-likeness (QED) is 0.138. The standard InChI is InChI=1S/C28H26N2O8S2Se.K/c1-3-19(14-28-30(18-40(34,35)36)24-16-22(37-2)10-12-26(24)41-28)13-27-29(17-39(31,32)33)23-15-21(9-11-25(23)38-27)20-7-5-4-6-8-20;/h4-16H,3,17-18H2,1-2H3,(H-,31,32,33,34,35,36);/q;+1/p-1. The Morgan fingerprint density at radius 2 is 1.74 bits per heavy atom. The predicted octanol–water partition coefficient (Wildman–Crippen LogP) is 0.403. The Kier molecular flexibility index (Phi) is 10.6. The zero-order chi connectivity index (χ0) is 29.4. The number of rotatable bonds is 9. The van der Waals surface area contributed by atoms with Crippen LogP contribution in [0.3, 0.4) is 0 Å². The summed E-state index contributed by atoms with van der Waals surface area (Å²) in [7, 11) is -7.80. The van der Waals surface area contributed by atoms with Crippen LogP contribution in [0.4, 0.5) is 5.69 Å². The Morgan fingerprint density at radius 1 is 1.00 bits per heavy atom. The van der Waals surface area contributed by atoms with Crippen molar-refractivity contribution in [2.24, 2.45) is 0 Å². The summed E-state index contributed by atoms with van der Waals surface area (Å²) in [5, 5.41) is 0. The van der Waals surface area contributed by atoms with E-state index in [4.69, 9.17) is 9.47 Å². The molecule has 1 aliphatic heterocycles. The second-order valence-electron chi connectivity index (χ2n) is 9.21. The van der Waals surface area contributed by atoms with Gasteiger partial charge in [0.25, 0.3) is 0 Å². The first-order chi connectivity index (χ1) is 19.4. The fraction of sp³-hybridized carbons (Fsp3) is 0.179. The summed E-state index contributed by atoms with van der Waals surface area (Å²) in [5.74, 6) is -0.526. The van der Waals surface area contributed by atoms with E-state index in [1.165, 1.54) is 16.6 Å². The van der Waals surface area contributed by atoms with Crippen molar-refractivity contribution in [1.82, 2.24) is 0 Å². The van der Waals surface area contributed by atoms with Crippen LogP contribution in [0, 0.1) is 0 Å². The van der Waals surface area contributed by atoms with Crippen LogP contribution in [-0.4, -0.2) is 53.4 Å². The summed E-state index contributed by atoms with van der Waals surface area (Å²) < 4.78 is 85.3. The van der Waals surface area contributed by atoms with Crippen LogP contribution in [0.1, 0.15) is 17.9 Å². The Labute approximate surface area is 292 Å². The van der Waals surface area contributed by atoms with Crippen molar-refractivity contribution in [2.75, 3.05) is 17.9 Å². The summed E-state index contributed by atoms with van der Waals surface area (Å²) >= 11 is -0.326. The third-order valence-corrected chi connectivity index (χ3v) is 9.86. The number of ether oxygens (including phenoxy) is 2. The van der Waals surface area contributed by atoms with Gasteiger partial charge in [0.2, 0.25) is 0 Å². The van der Waals surface area contributed by atoms with Crippen LogP contribution in [0.25, 0.3) is 27.0 Å². The first-order valence-electron chi connectivity index (χ1n) is 12.4. The largest absolute Gasteiger partial charge is 1.00 e. The molecule has 0 amide bonds. The molecule has 14 heteroatoms. The molecule has 1 aromatic heterocycles. The predicted molar refractivity (Wildman–Crippen MR) is 153 cm³/mol. The van der Waals surface area contributed by atoms with E-state index in [0.29, 0.717) is 39.3 Å². The van der Waals surface area contributed by atoms with Gasteiger partial charge in [0.1, 0.15) is 0 Å². The second kappa shape index (κ2) is 13.4. The minimum absolute atomic E-state index is 0. The van der Waals surface area contributed by atoms with Crippen molar-refractivity contribution in [3.63, 3.8) is 0 Å². The molecule has 0 bridgehead atoms. The molecule has 0 fully saturated rings. The van der Waals surface area contributed by atoms with Gasteiger partial charge in [0.05, 0.1) is 0 Å². The Hall–Kier alpha value is -1.81. The van der Waals surface area contributed by atoms with Crippen molar-refractivity contribution in [2.45, 2.75) is 19.2 Å². The molecule has 10 nitrogen and oxygen atoms in total. The van der Waals surface area contributed by atoms with Gasteiger partial charge in [-0.25, -0.2) is 0 Å². The molecule has 2 heterocycles. The molecule has 0 atom stereocenters. The fourth-order valence-corrected chi connectivity index (χ4v) is 8.19. The molecule has 42 heavy (non-hydrogen) atoms. The summed E-state index contributed by atoms with van der Waals surface area (Å²) in [6.45, 7) is 1.88. The number of methoxy groups -OCH3 is 1. The first-order valence-corrected chi connectivity index (χ1v) is 17.3. The van der Waals surface area contributed by atoms with Crippen LogP contribution in [0.15, 0.2) is 84.3 Å². The molecule has 0 spiro atoms. The Bertz CT molecular complexity index is 1910. The van der Waals surface area contributed by atoms with E-state index in [9.17, 15) is 25.9 Å². The van der Waals surface area contributed by atoms with Crippen molar-refractivity contribution < 1.29 is 91.4 Å². The molecular weight excluding hydrogens is 675 g/mol. The normalized spacial score (nSPS) is 14.5. The molecule has 0 unspecified atom stereocenters. The van der Waals surface area contributed by atoms with E-state index >= 15 is 0 Å². The molecule has 0 N–H and O–H groups in total. The van der Waals surface area contributed by atoms with E-state index in [-0.39, 0.29) is 71.8 Å².